The lowest BCUT2D eigenvalue weighted by atomic mass is 10.1. The van der Waals surface area contributed by atoms with E-state index >= 15 is 0 Å². The fourth-order valence-corrected chi connectivity index (χ4v) is 1.49. The number of nitrogens with two attached hydrogens (primary N) is 1. The summed E-state index contributed by atoms with van der Waals surface area (Å²) < 4.78 is 15.5. The molecule has 0 amide bonds. The molecule has 0 radical (unpaired) electrons. The van der Waals surface area contributed by atoms with Gasteiger partial charge in [0.15, 0.2) is 0 Å². The average Bonchev–Trinajstić information content (AvgIpc) is 2.41. The molecule has 0 saturated carbocycles. The Morgan fingerprint density at radius 1 is 1.26 bits per heavy atom. The van der Waals surface area contributed by atoms with Crippen LogP contribution in [0.1, 0.15) is 18.5 Å². The van der Waals surface area contributed by atoms with E-state index in [9.17, 15) is 5.11 Å². The van der Waals surface area contributed by atoms with Gasteiger partial charge in [0, 0.05) is 13.2 Å². The quantitative estimate of drug-likeness (QED) is 0.657. The van der Waals surface area contributed by atoms with Crippen molar-refractivity contribution in [1.82, 2.24) is 0 Å². The van der Waals surface area contributed by atoms with Crippen LogP contribution in [0.5, 0.6) is 5.75 Å². The van der Waals surface area contributed by atoms with Crippen LogP contribution in [0.4, 0.5) is 0 Å². The third-order valence-electron chi connectivity index (χ3n) is 2.57. The Bertz CT molecular complexity index is 357. The number of hydrogen-bond donors (Lipinski definition) is 2. The number of aliphatic hydroxyl groups is 1. The number of benzene rings is 1. The highest BCUT2D eigenvalue weighted by Crippen LogP contribution is 2.17. The molecule has 3 N–H and O–H groups in total. The summed E-state index contributed by atoms with van der Waals surface area (Å²) in [4.78, 5) is 0. The average molecular weight is 269 g/mol. The molecule has 2 atom stereocenters. The van der Waals surface area contributed by atoms with Gasteiger partial charge < -0.3 is 25.1 Å². The lowest BCUT2D eigenvalue weighted by Crippen LogP contribution is -2.24. The summed E-state index contributed by atoms with van der Waals surface area (Å²) in [5.74, 6) is 0.700. The number of rotatable bonds is 9. The molecule has 0 aliphatic rings. The molecular formula is C14H23NO4. The van der Waals surface area contributed by atoms with Crippen LogP contribution in [0.15, 0.2) is 24.3 Å². The van der Waals surface area contributed by atoms with E-state index in [-0.39, 0.29) is 19.3 Å². The molecule has 0 saturated heterocycles. The highest BCUT2D eigenvalue weighted by Gasteiger charge is 2.06. The highest BCUT2D eigenvalue weighted by atomic mass is 16.5. The molecule has 0 aliphatic carbocycles. The van der Waals surface area contributed by atoms with E-state index in [1.807, 2.05) is 31.2 Å². The third kappa shape index (κ3) is 6.54. The molecule has 5 heteroatoms. The zero-order chi connectivity index (χ0) is 14.1. The molecular weight excluding hydrogens is 246 g/mol. The molecule has 1 unspecified atom stereocenters. The van der Waals surface area contributed by atoms with Crippen molar-refractivity contribution in [1.29, 1.82) is 0 Å². The first-order valence-electron chi connectivity index (χ1n) is 6.36. The Labute approximate surface area is 114 Å². The highest BCUT2D eigenvalue weighted by molar-refractivity contribution is 5.30. The van der Waals surface area contributed by atoms with E-state index in [1.165, 1.54) is 0 Å². The smallest absolute Gasteiger partial charge is 0.119 e. The largest absolute Gasteiger partial charge is 0.491 e. The van der Waals surface area contributed by atoms with Crippen molar-refractivity contribution in [3.63, 3.8) is 0 Å². The van der Waals surface area contributed by atoms with Crippen LogP contribution in [0, 0.1) is 0 Å². The predicted octanol–water partition coefficient (Wildman–Crippen LogP) is 1.11. The number of hydrogen-bond acceptors (Lipinski definition) is 5. The molecule has 19 heavy (non-hydrogen) atoms. The molecule has 108 valence electrons. The van der Waals surface area contributed by atoms with Gasteiger partial charge >= 0.3 is 0 Å². The Kier molecular flexibility index (Phi) is 7.43. The Morgan fingerprint density at radius 3 is 2.74 bits per heavy atom. The van der Waals surface area contributed by atoms with E-state index < -0.39 is 6.10 Å². The SMILES string of the molecule is COCCOCC(O)COc1cccc([C@@H](C)N)c1. The molecule has 0 bridgehead atoms. The monoisotopic (exact) mass is 269 g/mol. The minimum Gasteiger partial charge on any atom is -0.491 e. The van der Waals surface area contributed by atoms with Gasteiger partial charge in [-0.2, -0.15) is 0 Å². The van der Waals surface area contributed by atoms with Gasteiger partial charge in [-0.15, -0.1) is 0 Å². The second-order valence-corrected chi connectivity index (χ2v) is 4.39. The van der Waals surface area contributed by atoms with Crippen LogP contribution in [0.25, 0.3) is 0 Å². The van der Waals surface area contributed by atoms with Gasteiger partial charge in [-0.05, 0) is 24.6 Å². The van der Waals surface area contributed by atoms with Crippen molar-refractivity contribution in [2.75, 3.05) is 33.5 Å². The molecule has 1 rings (SSSR count). The normalized spacial score (nSPS) is 14.1. The zero-order valence-electron chi connectivity index (χ0n) is 11.5. The van der Waals surface area contributed by atoms with Crippen molar-refractivity contribution in [3.8, 4) is 5.75 Å². The molecule has 0 heterocycles. The number of ether oxygens (including phenoxy) is 3. The fraction of sp³-hybridized carbons (Fsp3) is 0.571. The topological polar surface area (TPSA) is 73.9 Å². The van der Waals surface area contributed by atoms with Gasteiger partial charge in [0.05, 0.1) is 19.8 Å². The molecule has 5 nitrogen and oxygen atoms in total. The van der Waals surface area contributed by atoms with E-state index in [0.717, 1.165) is 5.56 Å². The number of aliphatic hydroxyl groups excluding tert-OH is 1. The maximum Gasteiger partial charge on any atom is 0.119 e. The minimum absolute atomic E-state index is 0.0362. The lowest BCUT2D eigenvalue weighted by molar-refractivity contribution is -0.00420. The minimum atomic E-state index is -0.657. The van der Waals surface area contributed by atoms with Gasteiger partial charge in [0.1, 0.15) is 18.5 Å². The van der Waals surface area contributed by atoms with Gasteiger partial charge in [0.25, 0.3) is 0 Å². The first-order valence-corrected chi connectivity index (χ1v) is 6.36. The van der Waals surface area contributed by atoms with E-state index in [2.05, 4.69) is 0 Å². The van der Waals surface area contributed by atoms with Crippen LogP contribution in [-0.2, 0) is 9.47 Å². The van der Waals surface area contributed by atoms with Crippen molar-refractivity contribution >= 4 is 0 Å². The lowest BCUT2D eigenvalue weighted by Gasteiger charge is -2.14. The van der Waals surface area contributed by atoms with Gasteiger partial charge in [-0.25, -0.2) is 0 Å². The summed E-state index contributed by atoms with van der Waals surface area (Å²) in [5.41, 5.74) is 6.80. The number of methoxy groups -OCH3 is 1. The molecule has 0 fully saturated rings. The summed E-state index contributed by atoms with van der Waals surface area (Å²) in [6.07, 6.45) is -0.657. The zero-order valence-corrected chi connectivity index (χ0v) is 11.5. The predicted molar refractivity (Wildman–Crippen MR) is 73.2 cm³/mol. The van der Waals surface area contributed by atoms with Crippen molar-refractivity contribution in [2.24, 2.45) is 5.73 Å². The van der Waals surface area contributed by atoms with E-state index in [1.54, 1.807) is 7.11 Å². The van der Waals surface area contributed by atoms with Crippen molar-refractivity contribution in [3.05, 3.63) is 29.8 Å². The third-order valence-corrected chi connectivity index (χ3v) is 2.57. The maximum absolute atomic E-state index is 9.67. The Hall–Kier alpha value is -1.14. The Morgan fingerprint density at radius 2 is 2.05 bits per heavy atom. The summed E-state index contributed by atoms with van der Waals surface area (Å²) in [6, 6.07) is 7.51. The summed E-state index contributed by atoms with van der Waals surface area (Å²) in [5, 5.41) is 9.67. The molecule has 1 aromatic rings. The fourth-order valence-electron chi connectivity index (χ4n) is 1.49. The second kappa shape index (κ2) is 8.87. The molecule has 0 spiro atoms. The van der Waals surface area contributed by atoms with Gasteiger partial charge in [-0.3, -0.25) is 0 Å². The Balaban J connectivity index is 2.29. The van der Waals surface area contributed by atoms with Crippen LogP contribution in [0.2, 0.25) is 0 Å². The van der Waals surface area contributed by atoms with Crippen molar-refractivity contribution < 1.29 is 19.3 Å². The summed E-state index contributed by atoms with van der Waals surface area (Å²) in [6.45, 7) is 3.32. The van der Waals surface area contributed by atoms with Crippen LogP contribution in [0.3, 0.4) is 0 Å². The maximum atomic E-state index is 9.67. The van der Waals surface area contributed by atoms with Gasteiger partial charge in [-0.1, -0.05) is 12.1 Å². The second-order valence-electron chi connectivity index (χ2n) is 4.39. The standard InChI is InChI=1S/C14H23NO4/c1-11(15)12-4-3-5-14(8-12)19-10-13(16)9-18-7-6-17-2/h3-5,8,11,13,16H,6-7,9-10,15H2,1-2H3/t11-,13?/m1/s1. The van der Waals surface area contributed by atoms with Crippen LogP contribution < -0.4 is 10.5 Å². The summed E-state index contributed by atoms with van der Waals surface area (Å²) in [7, 11) is 1.61. The molecule has 1 aromatic carbocycles. The molecule has 0 aliphatic heterocycles. The van der Waals surface area contributed by atoms with Crippen molar-refractivity contribution in [2.45, 2.75) is 19.1 Å². The van der Waals surface area contributed by atoms with E-state index in [0.29, 0.717) is 19.0 Å². The van der Waals surface area contributed by atoms with Gasteiger partial charge in [0.2, 0.25) is 0 Å². The van der Waals surface area contributed by atoms with Crippen LogP contribution >= 0.6 is 0 Å². The van der Waals surface area contributed by atoms with Crippen LogP contribution in [-0.4, -0.2) is 44.7 Å². The molecule has 0 aromatic heterocycles. The summed E-state index contributed by atoms with van der Waals surface area (Å²) >= 11 is 0. The first-order chi connectivity index (χ1) is 9.13. The van der Waals surface area contributed by atoms with E-state index in [4.69, 9.17) is 19.9 Å². The first kappa shape index (κ1) is 15.9.